The van der Waals surface area contributed by atoms with E-state index < -0.39 is 15.9 Å². The Bertz CT molecular complexity index is 851. The molecule has 0 radical (unpaired) electrons. The molecule has 0 aliphatic heterocycles. The first-order chi connectivity index (χ1) is 10.2. The van der Waals surface area contributed by atoms with Crippen LogP contribution in [0.2, 0.25) is 10.0 Å². The number of hydrogen-bond acceptors (Lipinski definition) is 3. The molecule has 0 fully saturated rings. The highest BCUT2D eigenvalue weighted by Crippen LogP contribution is 2.24. The Labute approximate surface area is 138 Å². The highest BCUT2D eigenvalue weighted by Gasteiger charge is 2.14. The first-order valence-corrected chi connectivity index (χ1v) is 8.38. The van der Waals surface area contributed by atoms with Crippen LogP contribution >= 0.6 is 23.2 Å². The summed E-state index contributed by atoms with van der Waals surface area (Å²) in [6.07, 6.45) is 0. The standard InChI is InChI=1S/C14H12Cl2N2O3S/c1-8-2-4-10(7-13(8)22(17,20)21)18-14(19)9-3-5-11(15)12(16)6-9/h2-7H,1H3,(H,18,19)(H2,17,20,21). The molecule has 2 rings (SSSR count). The van der Waals surface area contributed by atoms with Crippen molar-refractivity contribution in [3.8, 4) is 0 Å². The summed E-state index contributed by atoms with van der Waals surface area (Å²) in [5, 5.41) is 8.31. The second-order valence-electron chi connectivity index (χ2n) is 4.61. The van der Waals surface area contributed by atoms with Crippen LogP contribution in [0.4, 0.5) is 5.69 Å². The van der Waals surface area contributed by atoms with Crippen molar-refractivity contribution in [2.75, 3.05) is 5.32 Å². The second-order valence-corrected chi connectivity index (χ2v) is 6.95. The van der Waals surface area contributed by atoms with Crippen LogP contribution in [-0.4, -0.2) is 14.3 Å². The Morgan fingerprint density at radius 3 is 2.36 bits per heavy atom. The summed E-state index contributed by atoms with van der Waals surface area (Å²) in [6.45, 7) is 1.62. The molecule has 0 saturated carbocycles. The van der Waals surface area contributed by atoms with Crippen LogP contribution in [-0.2, 0) is 10.0 Å². The molecule has 1 amide bonds. The third-order valence-electron chi connectivity index (χ3n) is 2.93. The Morgan fingerprint density at radius 2 is 1.77 bits per heavy atom. The van der Waals surface area contributed by atoms with Gasteiger partial charge in [-0.2, -0.15) is 0 Å². The van der Waals surface area contributed by atoms with E-state index in [1.807, 2.05) is 0 Å². The Hall–Kier alpha value is -1.60. The number of halogens is 2. The van der Waals surface area contributed by atoms with Crippen molar-refractivity contribution in [3.05, 3.63) is 57.6 Å². The fourth-order valence-electron chi connectivity index (χ4n) is 1.83. The van der Waals surface area contributed by atoms with Gasteiger partial charge in [0.1, 0.15) is 0 Å². The lowest BCUT2D eigenvalue weighted by atomic mass is 10.2. The number of rotatable bonds is 3. The van der Waals surface area contributed by atoms with Gasteiger partial charge in [0.15, 0.2) is 0 Å². The number of hydrogen-bond donors (Lipinski definition) is 2. The van der Waals surface area contributed by atoms with Gasteiger partial charge in [-0.15, -0.1) is 0 Å². The Kier molecular flexibility index (Phi) is 4.77. The number of anilines is 1. The molecule has 0 spiro atoms. The number of benzene rings is 2. The third-order valence-corrected chi connectivity index (χ3v) is 4.73. The van der Waals surface area contributed by atoms with Crippen molar-refractivity contribution in [3.63, 3.8) is 0 Å². The summed E-state index contributed by atoms with van der Waals surface area (Å²) in [5.74, 6) is -0.442. The van der Waals surface area contributed by atoms with E-state index >= 15 is 0 Å². The quantitative estimate of drug-likeness (QED) is 0.882. The molecule has 3 N–H and O–H groups in total. The number of primary sulfonamides is 1. The average Bonchev–Trinajstić information content (AvgIpc) is 2.42. The van der Waals surface area contributed by atoms with Crippen LogP contribution in [0.5, 0.6) is 0 Å². The Morgan fingerprint density at radius 1 is 1.09 bits per heavy atom. The summed E-state index contributed by atoms with van der Waals surface area (Å²) < 4.78 is 23.0. The molecule has 22 heavy (non-hydrogen) atoms. The van der Waals surface area contributed by atoms with Gasteiger partial charge in [0.05, 0.1) is 14.9 Å². The molecule has 2 aromatic carbocycles. The van der Waals surface area contributed by atoms with Gasteiger partial charge in [-0.25, -0.2) is 13.6 Å². The van der Waals surface area contributed by atoms with Gasteiger partial charge >= 0.3 is 0 Å². The van der Waals surface area contributed by atoms with Crippen molar-refractivity contribution in [1.82, 2.24) is 0 Å². The number of sulfonamides is 1. The zero-order valence-electron chi connectivity index (χ0n) is 11.4. The van der Waals surface area contributed by atoms with Crippen LogP contribution in [0.25, 0.3) is 0 Å². The van der Waals surface area contributed by atoms with E-state index in [4.69, 9.17) is 28.3 Å². The van der Waals surface area contributed by atoms with Gasteiger partial charge in [0, 0.05) is 11.3 Å². The molecule has 8 heteroatoms. The summed E-state index contributed by atoms with van der Waals surface area (Å²) in [5.41, 5.74) is 1.10. The van der Waals surface area contributed by atoms with E-state index in [0.29, 0.717) is 21.8 Å². The van der Waals surface area contributed by atoms with E-state index in [1.165, 1.54) is 24.3 Å². The van der Waals surface area contributed by atoms with Crippen molar-refractivity contribution < 1.29 is 13.2 Å². The molecule has 0 aromatic heterocycles. The van der Waals surface area contributed by atoms with E-state index in [0.717, 1.165) is 0 Å². The van der Waals surface area contributed by atoms with E-state index in [9.17, 15) is 13.2 Å². The van der Waals surface area contributed by atoms with Crippen LogP contribution in [0.1, 0.15) is 15.9 Å². The van der Waals surface area contributed by atoms with Gasteiger partial charge in [0.25, 0.3) is 5.91 Å². The van der Waals surface area contributed by atoms with E-state index in [2.05, 4.69) is 5.32 Å². The lowest BCUT2D eigenvalue weighted by molar-refractivity contribution is 0.102. The molecule has 0 unspecified atom stereocenters. The van der Waals surface area contributed by atoms with Gasteiger partial charge < -0.3 is 5.32 Å². The maximum absolute atomic E-state index is 12.1. The van der Waals surface area contributed by atoms with Gasteiger partial charge in [-0.05, 0) is 42.8 Å². The van der Waals surface area contributed by atoms with Crippen LogP contribution in [0, 0.1) is 6.92 Å². The molecule has 0 atom stereocenters. The van der Waals surface area contributed by atoms with Crippen molar-refractivity contribution in [2.24, 2.45) is 5.14 Å². The lowest BCUT2D eigenvalue weighted by Gasteiger charge is -2.09. The second kappa shape index (κ2) is 6.26. The minimum absolute atomic E-state index is 0.0422. The highest BCUT2D eigenvalue weighted by atomic mass is 35.5. The smallest absolute Gasteiger partial charge is 0.255 e. The molecule has 0 aliphatic carbocycles. The van der Waals surface area contributed by atoms with Crippen LogP contribution in [0.3, 0.4) is 0 Å². The normalized spacial score (nSPS) is 11.3. The molecule has 2 aromatic rings. The van der Waals surface area contributed by atoms with Crippen molar-refractivity contribution in [1.29, 1.82) is 0 Å². The van der Waals surface area contributed by atoms with E-state index in [1.54, 1.807) is 19.1 Å². The molecule has 0 saturated heterocycles. The number of carbonyl (C=O) groups is 1. The average molecular weight is 359 g/mol. The minimum Gasteiger partial charge on any atom is -0.322 e. The highest BCUT2D eigenvalue weighted by molar-refractivity contribution is 7.89. The molecular formula is C14H12Cl2N2O3S. The first-order valence-electron chi connectivity index (χ1n) is 6.08. The largest absolute Gasteiger partial charge is 0.322 e. The number of nitrogens with one attached hydrogen (secondary N) is 1. The zero-order valence-corrected chi connectivity index (χ0v) is 13.8. The fourth-order valence-corrected chi connectivity index (χ4v) is 2.93. The van der Waals surface area contributed by atoms with Gasteiger partial charge in [-0.3, -0.25) is 4.79 Å². The summed E-state index contributed by atoms with van der Waals surface area (Å²) >= 11 is 11.6. The Balaban J connectivity index is 2.31. The summed E-state index contributed by atoms with van der Waals surface area (Å²) in [7, 11) is -3.86. The maximum atomic E-state index is 12.1. The predicted molar refractivity (Wildman–Crippen MR) is 87.0 cm³/mol. The number of aryl methyl sites for hydroxylation is 1. The monoisotopic (exact) mass is 358 g/mol. The number of carbonyl (C=O) groups excluding carboxylic acids is 1. The lowest BCUT2D eigenvalue weighted by Crippen LogP contribution is -2.16. The SMILES string of the molecule is Cc1ccc(NC(=O)c2ccc(Cl)c(Cl)c2)cc1S(N)(=O)=O. The molecule has 0 aliphatic rings. The number of amides is 1. The minimum atomic E-state index is -3.86. The molecule has 5 nitrogen and oxygen atoms in total. The molecule has 116 valence electrons. The molecule has 0 bridgehead atoms. The fraction of sp³-hybridized carbons (Fsp3) is 0.0714. The van der Waals surface area contributed by atoms with Gasteiger partial charge in [-0.1, -0.05) is 29.3 Å². The van der Waals surface area contributed by atoms with Crippen molar-refractivity contribution in [2.45, 2.75) is 11.8 Å². The topological polar surface area (TPSA) is 89.3 Å². The number of nitrogens with two attached hydrogens (primary N) is 1. The summed E-state index contributed by atoms with van der Waals surface area (Å²) in [4.78, 5) is 12.1. The first kappa shape index (κ1) is 16.8. The van der Waals surface area contributed by atoms with Crippen LogP contribution < -0.4 is 10.5 Å². The maximum Gasteiger partial charge on any atom is 0.255 e. The molecule has 0 heterocycles. The predicted octanol–water partition coefficient (Wildman–Crippen LogP) is 3.20. The summed E-state index contributed by atoms with van der Waals surface area (Å²) in [6, 6.07) is 8.89. The van der Waals surface area contributed by atoms with Gasteiger partial charge in [0.2, 0.25) is 10.0 Å². The zero-order chi connectivity index (χ0) is 16.5. The third kappa shape index (κ3) is 3.78. The molecular weight excluding hydrogens is 347 g/mol. The van der Waals surface area contributed by atoms with Crippen LogP contribution in [0.15, 0.2) is 41.3 Å². The van der Waals surface area contributed by atoms with E-state index in [-0.39, 0.29) is 9.92 Å². The van der Waals surface area contributed by atoms with Crippen molar-refractivity contribution >= 4 is 44.8 Å².